The lowest BCUT2D eigenvalue weighted by Crippen LogP contribution is -2.33. The lowest BCUT2D eigenvalue weighted by atomic mass is 10.1. The van der Waals surface area contributed by atoms with Gasteiger partial charge in [-0.05, 0) is 43.1 Å². The van der Waals surface area contributed by atoms with Crippen molar-refractivity contribution in [3.63, 3.8) is 0 Å². The predicted octanol–water partition coefficient (Wildman–Crippen LogP) is 2.99. The van der Waals surface area contributed by atoms with E-state index >= 15 is 0 Å². The average molecular weight is 292 g/mol. The minimum absolute atomic E-state index is 0.153. The summed E-state index contributed by atoms with van der Waals surface area (Å²) in [6.45, 7) is 2.20. The van der Waals surface area contributed by atoms with Crippen LogP contribution in [0.1, 0.15) is 38.2 Å². The van der Waals surface area contributed by atoms with E-state index in [9.17, 15) is 4.79 Å². The lowest BCUT2D eigenvalue weighted by molar-refractivity contribution is -0.121. The Morgan fingerprint density at radius 3 is 2.95 bits per heavy atom. The van der Waals surface area contributed by atoms with E-state index in [1.54, 1.807) is 0 Å². The van der Waals surface area contributed by atoms with Crippen LogP contribution in [0, 0.1) is 0 Å². The number of nitrogens with two attached hydrogens (primary N) is 1. The molecule has 0 spiro atoms. The maximum Gasteiger partial charge on any atom is 0.220 e. The van der Waals surface area contributed by atoms with Gasteiger partial charge in [0.25, 0.3) is 0 Å². The maximum atomic E-state index is 12.0. The van der Waals surface area contributed by atoms with Gasteiger partial charge >= 0.3 is 0 Å². The smallest absolute Gasteiger partial charge is 0.220 e. The van der Waals surface area contributed by atoms with Crippen LogP contribution in [0.3, 0.4) is 0 Å². The van der Waals surface area contributed by atoms with Crippen molar-refractivity contribution >= 4 is 23.4 Å². The van der Waals surface area contributed by atoms with E-state index in [1.807, 2.05) is 36.0 Å². The van der Waals surface area contributed by atoms with Crippen LogP contribution >= 0.6 is 11.8 Å². The van der Waals surface area contributed by atoms with Crippen molar-refractivity contribution in [2.75, 3.05) is 11.5 Å². The Balaban J connectivity index is 1.72. The van der Waals surface area contributed by atoms with Crippen LogP contribution in [0.2, 0.25) is 0 Å². The second-order valence-electron chi connectivity index (χ2n) is 5.35. The third-order valence-electron chi connectivity index (χ3n) is 3.83. The molecule has 0 aromatic heterocycles. The van der Waals surface area contributed by atoms with Crippen LogP contribution in [0.25, 0.3) is 0 Å². The zero-order valence-electron chi connectivity index (χ0n) is 12.1. The molecule has 1 aromatic rings. The first-order valence-electron chi connectivity index (χ1n) is 7.43. The SMILES string of the molecule is CCSC1CCC(NC(=O)CCc2ccccc2N)C1. The zero-order valence-corrected chi connectivity index (χ0v) is 12.9. The van der Waals surface area contributed by atoms with E-state index in [2.05, 4.69) is 12.2 Å². The predicted molar refractivity (Wildman–Crippen MR) is 86.9 cm³/mol. The zero-order chi connectivity index (χ0) is 14.4. The maximum absolute atomic E-state index is 12.0. The monoisotopic (exact) mass is 292 g/mol. The number of carbonyl (C=O) groups is 1. The van der Waals surface area contributed by atoms with Crippen molar-refractivity contribution in [1.29, 1.82) is 0 Å². The van der Waals surface area contributed by atoms with Crippen molar-refractivity contribution in [1.82, 2.24) is 5.32 Å². The van der Waals surface area contributed by atoms with Gasteiger partial charge in [0.2, 0.25) is 5.91 Å². The Hall–Kier alpha value is -1.16. The Labute approximate surface area is 125 Å². The molecule has 0 bridgehead atoms. The molecule has 4 heteroatoms. The minimum Gasteiger partial charge on any atom is -0.399 e. The number of hydrogen-bond acceptors (Lipinski definition) is 3. The summed E-state index contributed by atoms with van der Waals surface area (Å²) >= 11 is 2.01. The van der Waals surface area contributed by atoms with Gasteiger partial charge in [-0.15, -0.1) is 0 Å². The fourth-order valence-electron chi connectivity index (χ4n) is 2.77. The number of aryl methyl sites for hydroxylation is 1. The minimum atomic E-state index is 0.153. The Morgan fingerprint density at radius 1 is 1.40 bits per heavy atom. The standard InChI is InChI=1S/C16H24N2OS/c1-2-20-14-9-8-13(11-14)18-16(19)10-7-12-5-3-4-6-15(12)17/h3-6,13-14H,2,7-11,17H2,1H3,(H,18,19). The van der Waals surface area contributed by atoms with Gasteiger partial charge in [0.05, 0.1) is 0 Å². The van der Waals surface area contributed by atoms with Crippen molar-refractivity contribution in [3.8, 4) is 0 Å². The lowest BCUT2D eigenvalue weighted by Gasteiger charge is -2.13. The molecular formula is C16H24N2OS. The molecule has 1 aliphatic carbocycles. The highest BCUT2D eigenvalue weighted by Gasteiger charge is 2.25. The van der Waals surface area contributed by atoms with Gasteiger partial charge in [-0.2, -0.15) is 11.8 Å². The summed E-state index contributed by atoms with van der Waals surface area (Å²) in [5, 5.41) is 3.90. The average Bonchev–Trinajstić information content (AvgIpc) is 2.85. The molecule has 0 radical (unpaired) electrons. The summed E-state index contributed by atoms with van der Waals surface area (Å²) in [7, 11) is 0. The number of amides is 1. The molecule has 1 amide bonds. The van der Waals surface area contributed by atoms with Crippen LogP contribution in [0.15, 0.2) is 24.3 Å². The molecule has 2 atom stereocenters. The normalized spacial score (nSPS) is 21.9. The van der Waals surface area contributed by atoms with Crippen molar-refractivity contribution < 1.29 is 4.79 Å². The third-order valence-corrected chi connectivity index (χ3v) is 5.06. The number of benzene rings is 1. The Kier molecular flexibility index (Phi) is 5.77. The van der Waals surface area contributed by atoms with E-state index in [0.717, 1.165) is 35.8 Å². The van der Waals surface area contributed by atoms with Crippen LogP contribution in [0.5, 0.6) is 0 Å². The molecule has 20 heavy (non-hydrogen) atoms. The molecule has 110 valence electrons. The number of nitrogen functional groups attached to an aromatic ring is 1. The molecule has 1 aliphatic rings. The summed E-state index contributed by atoms with van der Waals surface area (Å²) in [6.07, 6.45) is 4.72. The fourth-order valence-corrected chi connectivity index (χ4v) is 3.91. The number of para-hydroxylation sites is 1. The molecule has 0 aliphatic heterocycles. The quantitative estimate of drug-likeness (QED) is 0.793. The topological polar surface area (TPSA) is 55.1 Å². The second-order valence-corrected chi connectivity index (χ2v) is 6.93. The molecule has 2 rings (SSSR count). The number of carbonyl (C=O) groups excluding carboxylic acids is 1. The largest absolute Gasteiger partial charge is 0.399 e. The molecular weight excluding hydrogens is 268 g/mol. The van der Waals surface area contributed by atoms with E-state index < -0.39 is 0 Å². The van der Waals surface area contributed by atoms with E-state index in [-0.39, 0.29) is 5.91 Å². The molecule has 0 saturated heterocycles. The molecule has 3 N–H and O–H groups in total. The Morgan fingerprint density at radius 2 is 2.20 bits per heavy atom. The summed E-state index contributed by atoms with van der Waals surface area (Å²) in [5.41, 5.74) is 7.73. The van der Waals surface area contributed by atoms with Crippen molar-refractivity contribution in [2.45, 2.75) is 50.3 Å². The van der Waals surface area contributed by atoms with Crippen LogP contribution in [0.4, 0.5) is 5.69 Å². The first-order chi connectivity index (χ1) is 9.69. The first kappa shape index (κ1) is 15.2. The second kappa shape index (κ2) is 7.58. The Bertz CT molecular complexity index is 450. The van der Waals surface area contributed by atoms with Crippen molar-refractivity contribution in [2.24, 2.45) is 0 Å². The van der Waals surface area contributed by atoms with Gasteiger partial charge in [0.1, 0.15) is 0 Å². The van der Waals surface area contributed by atoms with Crippen LogP contribution < -0.4 is 11.1 Å². The van der Waals surface area contributed by atoms with Crippen molar-refractivity contribution in [3.05, 3.63) is 29.8 Å². The van der Waals surface area contributed by atoms with Gasteiger partial charge in [0.15, 0.2) is 0 Å². The van der Waals surface area contributed by atoms with Crippen LogP contribution in [-0.4, -0.2) is 23.0 Å². The molecule has 0 heterocycles. The molecule has 1 saturated carbocycles. The summed E-state index contributed by atoms with van der Waals surface area (Å²) < 4.78 is 0. The number of hydrogen-bond donors (Lipinski definition) is 2. The van der Waals surface area contributed by atoms with Gasteiger partial charge < -0.3 is 11.1 Å². The van der Waals surface area contributed by atoms with Gasteiger partial charge in [0, 0.05) is 23.4 Å². The summed E-state index contributed by atoms with van der Waals surface area (Å²) in [5.74, 6) is 1.32. The summed E-state index contributed by atoms with van der Waals surface area (Å²) in [4.78, 5) is 12.0. The first-order valence-corrected chi connectivity index (χ1v) is 8.48. The molecule has 3 nitrogen and oxygen atoms in total. The highest BCUT2D eigenvalue weighted by atomic mass is 32.2. The highest BCUT2D eigenvalue weighted by Crippen LogP contribution is 2.29. The number of rotatable bonds is 6. The van der Waals surface area contributed by atoms with Gasteiger partial charge in [-0.3, -0.25) is 4.79 Å². The third kappa shape index (κ3) is 4.44. The molecule has 1 fully saturated rings. The molecule has 2 unspecified atom stereocenters. The number of anilines is 1. The van der Waals surface area contributed by atoms with Gasteiger partial charge in [-0.25, -0.2) is 0 Å². The number of thioether (sulfide) groups is 1. The fraction of sp³-hybridized carbons (Fsp3) is 0.562. The highest BCUT2D eigenvalue weighted by molar-refractivity contribution is 7.99. The van der Waals surface area contributed by atoms with E-state index in [0.29, 0.717) is 12.5 Å². The van der Waals surface area contributed by atoms with Crippen LogP contribution in [-0.2, 0) is 11.2 Å². The van der Waals surface area contributed by atoms with E-state index in [1.165, 1.54) is 12.2 Å². The van der Waals surface area contributed by atoms with E-state index in [4.69, 9.17) is 5.73 Å². The molecule has 1 aromatic carbocycles. The summed E-state index contributed by atoms with van der Waals surface area (Å²) in [6, 6.07) is 8.14. The van der Waals surface area contributed by atoms with Gasteiger partial charge in [-0.1, -0.05) is 25.1 Å². The number of nitrogens with one attached hydrogen (secondary N) is 1.